The standard InChI is InChI=1S/C18H20N6/c1-4-9-22(2)18-8-7-17-19-12-16(24(17)21-18)13-5-6-14-11-20-23(3)15(14)10-13/h5-8,10-12H,4,9H2,1-3H3. The van der Waals surface area contributed by atoms with Gasteiger partial charge in [0.25, 0.3) is 0 Å². The zero-order valence-corrected chi connectivity index (χ0v) is 14.1. The fraction of sp³-hybridized carbons (Fsp3) is 0.278. The number of hydrogen-bond donors (Lipinski definition) is 0. The molecule has 6 heteroatoms. The van der Waals surface area contributed by atoms with Gasteiger partial charge in [-0.25, -0.2) is 9.50 Å². The summed E-state index contributed by atoms with van der Waals surface area (Å²) in [4.78, 5) is 6.65. The molecule has 1 aromatic carbocycles. The monoisotopic (exact) mass is 320 g/mol. The number of benzene rings is 1. The second-order valence-corrected chi connectivity index (χ2v) is 6.07. The van der Waals surface area contributed by atoms with Gasteiger partial charge in [0, 0.05) is 31.6 Å². The van der Waals surface area contributed by atoms with E-state index in [1.165, 1.54) is 0 Å². The first-order valence-corrected chi connectivity index (χ1v) is 8.15. The van der Waals surface area contributed by atoms with Crippen LogP contribution in [0.2, 0.25) is 0 Å². The highest BCUT2D eigenvalue weighted by Crippen LogP contribution is 2.25. The Bertz CT molecular complexity index is 1010. The molecule has 0 spiro atoms. The van der Waals surface area contributed by atoms with Crippen LogP contribution >= 0.6 is 0 Å². The number of rotatable bonds is 4. The summed E-state index contributed by atoms with van der Waals surface area (Å²) in [6.07, 6.45) is 4.84. The molecule has 122 valence electrons. The predicted octanol–water partition coefficient (Wildman–Crippen LogP) is 3.13. The van der Waals surface area contributed by atoms with Gasteiger partial charge in [-0.05, 0) is 24.6 Å². The van der Waals surface area contributed by atoms with Crippen molar-refractivity contribution in [2.45, 2.75) is 13.3 Å². The number of aryl methyl sites for hydroxylation is 1. The molecule has 0 saturated heterocycles. The van der Waals surface area contributed by atoms with Crippen LogP contribution in [0.4, 0.5) is 5.82 Å². The van der Waals surface area contributed by atoms with Crippen molar-refractivity contribution in [2.75, 3.05) is 18.5 Å². The summed E-state index contributed by atoms with van der Waals surface area (Å²) in [5, 5.41) is 10.2. The van der Waals surface area contributed by atoms with Gasteiger partial charge in [-0.3, -0.25) is 4.68 Å². The van der Waals surface area contributed by atoms with Gasteiger partial charge < -0.3 is 4.90 Å². The fourth-order valence-electron chi connectivity index (χ4n) is 3.02. The van der Waals surface area contributed by atoms with Gasteiger partial charge in [0.15, 0.2) is 5.65 Å². The van der Waals surface area contributed by atoms with Crippen LogP contribution in [0.25, 0.3) is 27.8 Å². The minimum Gasteiger partial charge on any atom is -0.358 e. The van der Waals surface area contributed by atoms with Crippen LogP contribution in [0.5, 0.6) is 0 Å². The van der Waals surface area contributed by atoms with Crippen molar-refractivity contribution in [3.05, 3.63) is 42.7 Å². The molecule has 0 aliphatic heterocycles. The second-order valence-electron chi connectivity index (χ2n) is 6.07. The number of aromatic nitrogens is 5. The molecule has 0 bridgehead atoms. The van der Waals surface area contributed by atoms with E-state index in [1.54, 1.807) is 0 Å². The Morgan fingerprint density at radius 3 is 2.83 bits per heavy atom. The Morgan fingerprint density at radius 1 is 1.12 bits per heavy atom. The van der Waals surface area contributed by atoms with Crippen LogP contribution in [0.3, 0.4) is 0 Å². The lowest BCUT2D eigenvalue weighted by Crippen LogP contribution is -2.19. The van der Waals surface area contributed by atoms with E-state index in [0.29, 0.717) is 0 Å². The second kappa shape index (κ2) is 5.63. The summed E-state index contributed by atoms with van der Waals surface area (Å²) < 4.78 is 3.80. The maximum absolute atomic E-state index is 4.78. The molecule has 4 rings (SSSR count). The van der Waals surface area contributed by atoms with Gasteiger partial charge in [0.1, 0.15) is 5.82 Å². The lowest BCUT2D eigenvalue weighted by Gasteiger charge is -2.17. The van der Waals surface area contributed by atoms with E-state index >= 15 is 0 Å². The molecule has 4 aromatic rings. The van der Waals surface area contributed by atoms with Crippen molar-refractivity contribution in [1.82, 2.24) is 24.4 Å². The summed E-state index contributed by atoms with van der Waals surface area (Å²) in [5.41, 5.74) is 4.02. The molecule has 0 N–H and O–H groups in total. The lowest BCUT2D eigenvalue weighted by molar-refractivity contribution is 0.797. The number of fused-ring (bicyclic) bond motifs is 2. The zero-order valence-electron chi connectivity index (χ0n) is 14.1. The predicted molar refractivity (Wildman–Crippen MR) is 96.3 cm³/mol. The number of hydrogen-bond acceptors (Lipinski definition) is 4. The molecule has 0 saturated carbocycles. The van der Waals surface area contributed by atoms with E-state index < -0.39 is 0 Å². The summed E-state index contributed by atoms with van der Waals surface area (Å²) in [5.74, 6) is 0.949. The minimum atomic E-state index is 0.851. The van der Waals surface area contributed by atoms with Gasteiger partial charge in [-0.15, -0.1) is 5.10 Å². The highest BCUT2D eigenvalue weighted by Gasteiger charge is 2.11. The molecule has 0 aliphatic rings. The van der Waals surface area contributed by atoms with Crippen molar-refractivity contribution in [3.8, 4) is 11.3 Å². The summed E-state index contributed by atoms with van der Waals surface area (Å²) >= 11 is 0. The zero-order chi connectivity index (χ0) is 16.7. The Hall–Kier alpha value is -2.89. The minimum absolute atomic E-state index is 0.851. The van der Waals surface area contributed by atoms with E-state index in [9.17, 15) is 0 Å². The largest absolute Gasteiger partial charge is 0.358 e. The molecule has 3 aromatic heterocycles. The summed E-state index contributed by atoms with van der Waals surface area (Å²) in [6, 6.07) is 10.4. The van der Waals surface area contributed by atoms with E-state index in [-0.39, 0.29) is 0 Å². The SMILES string of the molecule is CCCN(C)c1ccc2ncc(-c3ccc4cnn(C)c4c3)n2n1. The molecular formula is C18H20N6. The van der Waals surface area contributed by atoms with Crippen molar-refractivity contribution >= 4 is 22.4 Å². The van der Waals surface area contributed by atoms with E-state index in [0.717, 1.165) is 46.6 Å². The smallest absolute Gasteiger partial charge is 0.154 e. The molecule has 0 fully saturated rings. The van der Waals surface area contributed by atoms with E-state index in [1.807, 2.05) is 40.8 Å². The van der Waals surface area contributed by atoms with Gasteiger partial charge in [0.05, 0.1) is 23.6 Å². The van der Waals surface area contributed by atoms with Gasteiger partial charge in [0.2, 0.25) is 0 Å². The molecule has 0 atom stereocenters. The third-order valence-corrected chi connectivity index (χ3v) is 4.34. The lowest BCUT2D eigenvalue weighted by atomic mass is 10.1. The van der Waals surface area contributed by atoms with Crippen molar-refractivity contribution < 1.29 is 0 Å². The van der Waals surface area contributed by atoms with Crippen molar-refractivity contribution in [1.29, 1.82) is 0 Å². The van der Waals surface area contributed by atoms with E-state index in [4.69, 9.17) is 5.10 Å². The third kappa shape index (κ3) is 2.31. The Kier molecular flexibility index (Phi) is 3.45. The summed E-state index contributed by atoms with van der Waals surface area (Å²) in [6.45, 7) is 3.14. The molecule has 24 heavy (non-hydrogen) atoms. The van der Waals surface area contributed by atoms with Crippen molar-refractivity contribution in [2.24, 2.45) is 7.05 Å². The Morgan fingerprint density at radius 2 is 2.00 bits per heavy atom. The average Bonchev–Trinajstić information content (AvgIpc) is 3.18. The molecule has 6 nitrogen and oxygen atoms in total. The fourth-order valence-corrected chi connectivity index (χ4v) is 3.02. The molecule has 0 unspecified atom stereocenters. The topological polar surface area (TPSA) is 51.2 Å². The van der Waals surface area contributed by atoms with Gasteiger partial charge in [-0.2, -0.15) is 5.10 Å². The number of nitrogens with zero attached hydrogens (tertiary/aromatic N) is 6. The highest BCUT2D eigenvalue weighted by atomic mass is 15.3. The van der Waals surface area contributed by atoms with Crippen LogP contribution in [-0.2, 0) is 7.05 Å². The normalized spacial score (nSPS) is 11.5. The first kappa shape index (κ1) is 14.7. The molecular weight excluding hydrogens is 300 g/mol. The summed E-state index contributed by atoms with van der Waals surface area (Å²) in [7, 11) is 4.02. The van der Waals surface area contributed by atoms with E-state index in [2.05, 4.69) is 47.2 Å². The Balaban J connectivity index is 1.85. The molecule has 0 aliphatic carbocycles. The number of imidazole rings is 1. The van der Waals surface area contributed by atoms with Crippen LogP contribution in [0.15, 0.2) is 42.7 Å². The third-order valence-electron chi connectivity index (χ3n) is 4.34. The quantitative estimate of drug-likeness (QED) is 0.580. The molecule has 0 amide bonds. The first-order chi connectivity index (χ1) is 11.7. The van der Waals surface area contributed by atoms with Crippen molar-refractivity contribution in [3.63, 3.8) is 0 Å². The van der Waals surface area contributed by atoms with Crippen LogP contribution < -0.4 is 4.90 Å². The number of anilines is 1. The van der Waals surface area contributed by atoms with Gasteiger partial charge in [-0.1, -0.05) is 19.1 Å². The molecule has 3 heterocycles. The van der Waals surface area contributed by atoms with Crippen LogP contribution in [-0.4, -0.2) is 38.0 Å². The Labute approximate surface area is 140 Å². The highest BCUT2D eigenvalue weighted by molar-refractivity contribution is 5.84. The average molecular weight is 320 g/mol. The van der Waals surface area contributed by atoms with Crippen LogP contribution in [0, 0.1) is 0 Å². The van der Waals surface area contributed by atoms with Gasteiger partial charge >= 0.3 is 0 Å². The molecule has 0 radical (unpaired) electrons. The maximum atomic E-state index is 4.78. The first-order valence-electron chi connectivity index (χ1n) is 8.15. The van der Waals surface area contributed by atoms with Crippen LogP contribution in [0.1, 0.15) is 13.3 Å². The maximum Gasteiger partial charge on any atom is 0.154 e.